The van der Waals surface area contributed by atoms with E-state index in [9.17, 15) is 0 Å². The summed E-state index contributed by atoms with van der Waals surface area (Å²) in [6, 6.07) is 11.8. The number of nitrogens with one attached hydrogen (secondary N) is 1. The number of hydrogen-bond acceptors (Lipinski definition) is 2. The first kappa shape index (κ1) is 10.6. The van der Waals surface area contributed by atoms with Gasteiger partial charge in [-0.2, -0.15) is 10.4 Å². The van der Waals surface area contributed by atoms with Crippen LogP contribution in [0.25, 0.3) is 11.3 Å². The maximum absolute atomic E-state index is 8.76. The van der Waals surface area contributed by atoms with E-state index in [2.05, 4.69) is 16.3 Å². The van der Waals surface area contributed by atoms with Gasteiger partial charge in [0.1, 0.15) is 6.07 Å². The van der Waals surface area contributed by atoms with Gasteiger partial charge in [-0.3, -0.25) is 5.10 Å². The van der Waals surface area contributed by atoms with E-state index in [4.69, 9.17) is 5.26 Å². The van der Waals surface area contributed by atoms with Crippen molar-refractivity contribution >= 4 is 0 Å². The van der Waals surface area contributed by atoms with E-state index < -0.39 is 0 Å². The average Bonchev–Trinajstić information content (AvgIpc) is 2.67. The minimum Gasteiger partial charge on any atom is -0.276 e. The third-order valence-electron chi connectivity index (χ3n) is 1.82. The first-order chi connectivity index (χ1) is 6.42. The molecule has 0 aliphatic rings. The van der Waals surface area contributed by atoms with Gasteiger partial charge in [0.2, 0.25) is 0 Å². The third kappa shape index (κ3) is 1.90. The van der Waals surface area contributed by atoms with Crippen molar-refractivity contribution in [3.05, 3.63) is 42.1 Å². The van der Waals surface area contributed by atoms with Crippen LogP contribution in [0, 0.1) is 11.3 Å². The Morgan fingerprint density at radius 1 is 1.21 bits per heavy atom. The molecular weight excluding hydrogens is 354 g/mol. The molecule has 71 valence electrons. The first-order valence-electron chi connectivity index (χ1n) is 3.90. The Hall–Kier alpha value is -1.43. The van der Waals surface area contributed by atoms with Crippen LogP contribution in [-0.4, -0.2) is 10.2 Å². The standard InChI is InChI=1S/C10H7N3.Ir/c11-6-9-7-12-13-10(9)8-4-2-1-3-5-8;/h1-5,7H,(H,12,13);. The van der Waals surface area contributed by atoms with Crippen LogP contribution in [0.1, 0.15) is 5.56 Å². The van der Waals surface area contributed by atoms with Crippen LogP contribution in [0.2, 0.25) is 0 Å². The minimum atomic E-state index is 0. The Morgan fingerprint density at radius 2 is 1.93 bits per heavy atom. The van der Waals surface area contributed by atoms with Gasteiger partial charge in [-0.15, -0.1) is 0 Å². The maximum Gasteiger partial charge on any atom is 0.103 e. The summed E-state index contributed by atoms with van der Waals surface area (Å²) in [7, 11) is 0. The molecule has 14 heavy (non-hydrogen) atoms. The van der Waals surface area contributed by atoms with Gasteiger partial charge in [-0.05, 0) is 0 Å². The van der Waals surface area contributed by atoms with Crippen LogP contribution in [0.15, 0.2) is 36.5 Å². The van der Waals surface area contributed by atoms with Gasteiger partial charge in [0.15, 0.2) is 0 Å². The number of nitriles is 1. The summed E-state index contributed by atoms with van der Waals surface area (Å²) in [5, 5.41) is 15.4. The van der Waals surface area contributed by atoms with Crippen LogP contribution < -0.4 is 0 Å². The summed E-state index contributed by atoms with van der Waals surface area (Å²) in [5.74, 6) is 0. The molecule has 0 fully saturated rings. The van der Waals surface area contributed by atoms with Gasteiger partial charge in [0.05, 0.1) is 17.5 Å². The van der Waals surface area contributed by atoms with Gasteiger partial charge in [-0.1, -0.05) is 30.3 Å². The second-order valence-corrected chi connectivity index (χ2v) is 2.64. The van der Waals surface area contributed by atoms with Crippen molar-refractivity contribution in [3.63, 3.8) is 0 Å². The monoisotopic (exact) mass is 362 g/mol. The molecule has 0 aliphatic carbocycles. The predicted molar refractivity (Wildman–Crippen MR) is 48.7 cm³/mol. The zero-order valence-electron chi connectivity index (χ0n) is 7.19. The van der Waals surface area contributed by atoms with Gasteiger partial charge in [-0.25, -0.2) is 0 Å². The molecule has 0 spiro atoms. The molecular formula is C10H7IrN3. The normalized spacial score (nSPS) is 8.79. The van der Waals surface area contributed by atoms with Crippen molar-refractivity contribution in [3.8, 4) is 17.3 Å². The number of aromatic nitrogens is 2. The Balaban J connectivity index is 0.000000980. The van der Waals surface area contributed by atoms with Crippen LogP contribution in [0.5, 0.6) is 0 Å². The van der Waals surface area contributed by atoms with E-state index in [1.807, 2.05) is 30.3 Å². The Kier molecular flexibility index (Phi) is 3.58. The quantitative estimate of drug-likeness (QED) is 0.844. The molecule has 0 aliphatic heterocycles. The largest absolute Gasteiger partial charge is 0.276 e. The van der Waals surface area contributed by atoms with E-state index in [0.29, 0.717) is 5.56 Å². The Morgan fingerprint density at radius 3 is 2.57 bits per heavy atom. The minimum absolute atomic E-state index is 0. The summed E-state index contributed by atoms with van der Waals surface area (Å²) in [5.41, 5.74) is 2.34. The maximum atomic E-state index is 8.76. The van der Waals surface area contributed by atoms with Crippen molar-refractivity contribution in [2.45, 2.75) is 0 Å². The van der Waals surface area contributed by atoms with Gasteiger partial charge in [0, 0.05) is 25.7 Å². The van der Waals surface area contributed by atoms with E-state index in [1.165, 1.54) is 6.20 Å². The molecule has 2 aromatic rings. The molecule has 1 heterocycles. The number of benzene rings is 1. The number of rotatable bonds is 1. The van der Waals surface area contributed by atoms with Crippen LogP contribution >= 0.6 is 0 Å². The fourth-order valence-corrected chi connectivity index (χ4v) is 1.20. The van der Waals surface area contributed by atoms with Crippen molar-refractivity contribution in [2.24, 2.45) is 0 Å². The molecule has 0 saturated heterocycles. The molecule has 4 heteroatoms. The van der Waals surface area contributed by atoms with Crippen molar-refractivity contribution in [2.75, 3.05) is 0 Å². The molecule has 0 atom stereocenters. The fourth-order valence-electron chi connectivity index (χ4n) is 1.20. The summed E-state index contributed by atoms with van der Waals surface area (Å²) in [4.78, 5) is 0. The number of hydrogen-bond donors (Lipinski definition) is 1. The van der Waals surface area contributed by atoms with E-state index in [0.717, 1.165) is 11.3 Å². The van der Waals surface area contributed by atoms with Gasteiger partial charge >= 0.3 is 0 Å². The van der Waals surface area contributed by atoms with Crippen molar-refractivity contribution in [1.82, 2.24) is 10.2 Å². The Labute approximate surface area is 95.1 Å². The van der Waals surface area contributed by atoms with E-state index in [-0.39, 0.29) is 20.1 Å². The molecule has 3 nitrogen and oxygen atoms in total. The smallest absolute Gasteiger partial charge is 0.103 e. The molecule has 1 aromatic heterocycles. The molecule has 1 radical (unpaired) electrons. The zero-order chi connectivity index (χ0) is 9.10. The number of nitrogens with zero attached hydrogens (tertiary/aromatic N) is 2. The average molecular weight is 361 g/mol. The van der Waals surface area contributed by atoms with Crippen molar-refractivity contribution < 1.29 is 20.1 Å². The zero-order valence-corrected chi connectivity index (χ0v) is 9.59. The summed E-state index contributed by atoms with van der Waals surface area (Å²) >= 11 is 0. The van der Waals surface area contributed by atoms with Gasteiger partial charge in [0.25, 0.3) is 0 Å². The van der Waals surface area contributed by atoms with Crippen molar-refractivity contribution in [1.29, 1.82) is 5.26 Å². The summed E-state index contributed by atoms with van der Waals surface area (Å²) in [6.07, 6.45) is 1.53. The van der Waals surface area contributed by atoms with Crippen LogP contribution in [0.4, 0.5) is 0 Å². The molecule has 0 amide bonds. The number of H-pyrrole nitrogens is 1. The second-order valence-electron chi connectivity index (χ2n) is 2.64. The Bertz CT molecular complexity index is 442. The topological polar surface area (TPSA) is 52.5 Å². The first-order valence-corrected chi connectivity index (χ1v) is 3.90. The van der Waals surface area contributed by atoms with Crippen LogP contribution in [-0.2, 0) is 20.1 Å². The van der Waals surface area contributed by atoms with Crippen LogP contribution in [0.3, 0.4) is 0 Å². The third-order valence-corrected chi connectivity index (χ3v) is 1.82. The molecule has 0 bridgehead atoms. The SMILES string of the molecule is N#Cc1cn[nH]c1-c1ccccc1.[Ir]. The fraction of sp³-hybridized carbons (Fsp3) is 0. The molecule has 1 N–H and O–H groups in total. The molecule has 0 unspecified atom stereocenters. The summed E-state index contributed by atoms with van der Waals surface area (Å²) < 4.78 is 0. The van der Waals surface area contributed by atoms with E-state index in [1.54, 1.807) is 0 Å². The molecule has 2 rings (SSSR count). The molecule has 1 aromatic carbocycles. The number of aromatic amines is 1. The summed E-state index contributed by atoms with van der Waals surface area (Å²) in [6.45, 7) is 0. The molecule has 0 saturated carbocycles. The van der Waals surface area contributed by atoms with Gasteiger partial charge < -0.3 is 0 Å². The van der Waals surface area contributed by atoms with E-state index >= 15 is 0 Å². The second kappa shape index (κ2) is 4.71. The predicted octanol–water partition coefficient (Wildman–Crippen LogP) is 1.95.